The van der Waals surface area contributed by atoms with Gasteiger partial charge < -0.3 is 5.11 Å². The molecule has 2 saturated carbocycles. The molecule has 7 heteroatoms. The lowest BCUT2D eigenvalue weighted by Crippen LogP contribution is -2.45. The Morgan fingerprint density at radius 1 is 0.968 bits per heavy atom. The smallest absolute Gasteiger partial charge is 0.334 e. The van der Waals surface area contributed by atoms with Crippen LogP contribution in [0, 0.1) is 6.92 Å². The van der Waals surface area contributed by atoms with E-state index in [9.17, 15) is 14.7 Å². The third-order valence-electron chi connectivity index (χ3n) is 6.72. The van der Waals surface area contributed by atoms with Crippen LogP contribution in [0.2, 0.25) is 5.02 Å². The maximum absolute atomic E-state index is 13.4. The minimum absolute atomic E-state index is 0.0649. The molecule has 0 amide bonds. The van der Waals surface area contributed by atoms with Crippen LogP contribution in [0.25, 0.3) is 0 Å². The van der Waals surface area contributed by atoms with Crippen molar-refractivity contribution in [2.24, 2.45) is 4.99 Å². The summed E-state index contributed by atoms with van der Waals surface area (Å²) >= 11 is 6.29. The summed E-state index contributed by atoms with van der Waals surface area (Å²) in [5, 5.41) is 11.5. The molecular weight excluding hydrogens is 414 g/mol. The molecule has 0 saturated heterocycles. The molecule has 1 aromatic heterocycles. The molecule has 1 heterocycles. The van der Waals surface area contributed by atoms with Gasteiger partial charge in [-0.2, -0.15) is 0 Å². The van der Waals surface area contributed by atoms with E-state index in [2.05, 4.69) is 4.99 Å². The fourth-order valence-corrected chi connectivity index (χ4v) is 5.28. The van der Waals surface area contributed by atoms with Crippen LogP contribution in [0.1, 0.15) is 87.4 Å². The molecule has 0 radical (unpaired) electrons. The van der Waals surface area contributed by atoms with Gasteiger partial charge in [-0.1, -0.05) is 62.3 Å². The number of hydrogen-bond donors (Lipinski definition) is 1. The zero-order valence-electron chi connectivity index (χ0n) is 18.0. The Labute approximate surface area is 187 Å². The third-order valence-corrected chi connectivity index (χ3v) is 7.03. The lowest BCUT2D eigenvalue weighted by Gasteiger charge is -2.29. The Kier molecular flexibility index (Phi) is 6.65. The summed E-state index contributed by atoms with van der Waals surface area (Å²) < 4.78 is 2.84. The number of aromatic hydroxyl groups is 1. The van der Waals surface area contributed by atoms with Gasteiger partial charge in [-0.15, -0.1) is 0 Å². The molecule has 0 aliphatic heterocycles. The van der Waals surface area contributed by atoms with Gasteiger partial charge in [-0.3, -0.25) is 18.9 Å². The summed E-state index contributed by atoms with van der Waals surface area (Å²) in [5.41, 5.74) is 0.649. The molecule has 1 aromatic carbocycles. The molecule has 6 nitrogen and oxygen atoms in total. The van der Waals surface area contributed by atoms with Crippen LogP contribution in [0.3, 0.4) is 0 Å². The molecule has 4 rings (SSSR count). The number of benzene rings is 1. The van der Waals surface area contributed by atoms with Crippen molar-refractivity contribution in [1.29, 1.82) is 0 Å². The minimum atomic E-state index is -0.463. The van der Waals surface area contributed by atoms with Gasteiger partial charge in [0.2, 0.25) is 5.88 Å². The van der Waals surface area contributed by atoms with Gasteiger partial charge in [0.25, 0.3) is 5.56 Å². The van der Waals surface area contributed by atoms with Crippen molar-refractivity contribution in [1.82, 2.24) is 9.13 Å². The summed E-state index contributed by atoms with van der Waals surface area (Å²) in [6.45, 7) is 1.89. The van der Waals surface area contributed by atoms with E-state index >= 15 is 0 Å². The lowest BCUT2D eigenvalue weighted by atomic mass is 9.94. The van der Waals surface area contributed by atoms with Crippen molar-refractivity contribution < 1.29 is 5.11 Å². The predicted octanol–water partition coefficient (Wildman–Crippen LogP) is 5.44. The van der Waals surface area contributed by atoms with Gasteiger partial charge in [0.05, 0.1) is 10.7 Å². The van der Waals surface area contributed by atoms with Crippen molar-refractivity contribution in [2.45, 2.75) is 83.2 Å². The monoisotopic (exact) mass is 443 g/mol. The molecular formula is C24H30ClN3O3. The first-order valence-corrected chi connectivity index (χ1v) is 11.8. The second-order valence-electron chi connectivity index (χ2n) is 8.81. The molecule has 0 unspecified atom stereocenters. The average molecular weight is 444 g/mol. The molecule has 2 aliphatic rings. The van der Waals surface area contributed by atoms with E-state index in [1.807, 2.05) is 19.1 Å². The van der Waals surface area contributed by atoms with Gasteiger partial charge in [-0.25, -0.2) is 4.79 Å². The van der Waals surface area contributed by atoms with E-state index in [1.165, 1.54) is 15.3 Å². The Morgan fingerprint density at radius 3 is 2.13 bits per heavy atom. The third kappa shape index (κ3) is 4.36. The summed E-state index contributed by atoms with van der Waals surface area (Å²) in [6, 6.07) is 5.25. The van der Waals surface area contributed by atoms with E-state index < -0.39 is 5.56 Å². The molecule has 2 fully saturated rings. The molecule has 0 atom stereocenters. The van der Waals surface area contributed by atoms with E-state index in [-0.39, 0.29) is 29.2 Å². The van der Waals surface area contributed by atoms with Crippen molar-refractivity contribution >= 4 is 23.5 Å². The van der Waals surface area contributed by atoms with E-state index in [1.54, 1.807) is 6.07 Å². The average Bonchev–Trinajstić information content (AvgIpc) is 2.77. The molecule has 31 heavy (non-hydrogen) atoms. The lowest BCUT2D eigenvalue weighted by molar-refractivity contribution is 0.271. The SMILES string of the molecule is Cc1cccc(Cl)c1N=Cc1c(O)n(C2CCCCC2)c(=O)n(C2CCCCC2)c1=O. The van der Waals surface area contributed by atoms with E-state index in [0.717, 1.165) is 69.8 Å². The van der Waals surface area contributed by atoms with Crippen molar-refractivity contribution in [3.63, 3.8) is 0 Å². The minimum Gasteiger partial charge on any atom is -0.494 e. The largest absolute Gasteiger partial charge is 0.494 e. The number of halogens is 1. The van der Waals surface area contributed by atoms with Gasteiger partial charge in [0, 0.05) is 18.3 Å². The van der Waals surface area contributed by atoms with Gasteiger partial charge in [0.15, 0.2) is 0 Å². The number of aromatic nitrogens is 2. The maximum Gasteiger partial charge on any atom is 0.334 e. The zero-order chi connectivity index (χ0) is 22.0. The van der Waals surface area contributed by atoms with Gasteiger partial charge in [-0.05, 0) is 44.2 Å². The van der Waals surface area contributed by atoms with Crippen molar-refractivity contribution in [2.75, 3.05) is 0 Å². The second kappa shape index (κ2) is 9.43. The molecule has 0 spiro atoms. The van der Waals surface area contributed by atoms with Gasteiger partial charge in [0.1, 0.15) is 5.56 Å². The highest BCUT2D eigenvalue weighted by Gasteiger charge is 2.28. The van der Waals surface area contributed by atoms with Crippen LogP contribution in [0.4, 0.5) is 5.69 Å². The summed E-state index contributed by atoms with van der Waals surface area (Å²) in [5.74, 6) is -0.276. The highest BCUT2D eigenvalue weighted by Crippen LogP contribution is 2.32. The second-order valence-corrected chi connectivity index (χ2v) is 9.22. The quantitative estimate of drug-likeness (QED) is 0.639. The Bertz CT molecular complexity index is 1070. The summed E-state index contributed by atoms with van der Waals surface area (Å²) in [6.07, 6.45) is 11.0. The standard InChI is InChI=1S/C24H30ClN3O3/c1-16-9-8-14-20(25)21(16)26-15-19-22(29)27(17-10-4-2-5-11-17)24(31)28(23(19)30)18-12-6-3-7-13-18/h8-9,14-15,17-18,29H,2-7,10-13H2,1H3. The molecule has 2 aromatic rings. The molecule has 2 aliphatic carbocycles. The van der Waals surface area contributed by atoms with Crippen LogP contribution < -0.4 is 11.2 Å². The van der Waals surface area contributed by atoms with Gasteiger partial charge >= 0.3 is 5.69 Å². The summed E-state index contributed by atoms with van der Waals surface area (Å²) in [4.78, 5) is 31.3. The number of aliphatic imine (C=N–C) groups is 1. The predicted molar refractivity (Wildman–Crippen MR) is 124 cm³/mol. The normalized spacial score (nSPS) is 18.6. The zero-order valence-corrected chi connectivity index (χ0v) is 18.8. The van der Waals surface area contributed by atoms with Crippen LogP contribution in [0.5, 0.6) is 5.88 Å². The van der Waals surface area contributed by atoms with Crippen LogP contribution in [-0.2, 0) is 0 Å². The van der Waals surface area contributed by atoms with Crippen molar-refractivity contribution in [3.8, 4) is 5.88 Å². The highest BCUT2D eigenvalue weighted by molar-refractivity contribution is 6.33. The summed E-state index contributed by atoms with van der Waals surface area (Å²) in [7, 11) is 0. The van der Waals surface area contributed by atoms with Crippen LogP contribution >= 0.6 is 11.6 Å². The number of hydrogen-bond acceptors (Lipinski definition) is 4. The Balaban J connectivity index is 1.88. The fraction of sp³-hybridized carbons (Fsp3) is 0.542. The number of aryl methyl sites for hydroxylation is 1. The number of para-hydroxylation sites is 1. The first-order valence-electron chi connectivity index (χ1n) is 11.4. The maximum atomic E-state index is 13.4. The topological polar surface area (TPSA) is 76.6 Å². The first kappa shape index (κ1) is 21.9. The fourth-order valence-electron chi connectivity index (χ4n) is 5.01. The number of nitrogens with zero attached hydrogens (tertiary/aromatic N) is 3. The number of rotatable bonds is 4. The van der Waals surface area contributed by atoms with Crippen LogP contribution in [0.15, 0.2) is 32.8 Å². The first-order chi connectivity index (χ1) is 15.0. The van der Waals surface area contributed by atoms with Crippen molar-refractivity contribution in [3.05, 3.63) is 55.2 Å². The molecule has 166 valence electrons. The molecule has 0 bridgehead atoms. The Hall–Kier alpha value is -2.34. The van der Waals surface area contributed by atoms with E-state index in [4.69, 9.17) is 11.6 Å². The molecule has 1 N–H and O–H groups in total. The Morgan fingerprint density at radius 2 is 1.55 bits per heavy atom. The van der Waals surface area contributed by atoms with E-state index in [0.29, 0.717) is 10.7 Å². The highest BCUT2D eigenvalue weighted by atomic mass is 35.5. The van der Waals surface area contributed by atoms with Crippen LogP contribution in [-0.4, -0.2) is 20.5 Å².